The summed E-state index contributed by atoms with van der Waals surface area (Å²) in [6.45, 7) is 3.68. The summed E-state index contributed by atoms with van der Waals surface area (Å²) in [4.78, 5) is 42.8. The van der Waals surface area contributed by atoms with Crippen molar-refractivity contribution in [1.29, 1.82) is 0 Å². The number of phosphoric ester groups is 1. The first-order chi connectivity index (χ1) is 25.8. The van der Waals surface area contributed by atoms with E-state index in [0.29, 0.717) is 6.42 Å². The molecule has 2 N–H and O–H groups in total. The Labute approximate surface area is 327 Å². The molecule has 0 spiro atoms. The molecule has 0 aliphatic rings. The highest BCUT2D eigenvalue weighted by molar-refractivity contribution is 7.46. The number of esters is 2. The maximum absolute atomic E-state index is 12.4. The molecule has 314 valence electrons. The van der Waals surface area contributed by atoms with Crippen LogP contribution in [0.3, 0.4) is 0 Å². The molecule has 0 aliphatic carbocycles. The second-order valence-electron chi connectivity index (χ2n) is 15.4. The zero-order valence-electron chi connectivity index (χ0n) is 34.7. The van der Waals surface area contributed by atoms with E-state index in [0.717, 1.165) is 57.8 Å². The number of hydrogen-bond donors (Lipinski definition) is 2. The SMILES string of the molecule is CCCCC/C=C/CCCCCCCC(=O)O[C@H](COC(=O)CCCCCCCCCCCCCCCCCCCCCCCCC)COP(=O)(O)O. The molecular formula is C44H85O8P. The molecule has 8 nitrogen and oxygen atoms in total. The van der Waals surface area contributed by atoms with Crippen LogP contribution in [0.1, 0.15) is 239 Å². The van der Waals surface area contributed by atoms with Crippen LogP contribution in [-0.2, 0) is 28.2 Å². The minimum Gasteiger partial charge on any atom is -0.462 e. The van der Waals surface area contributed by atoms with Crippen molar-refractivity contribution in [2.45, 2.75) is 245 Å². The van der Waals surface area contributed by atoms with Gasteiger partial charge in [-0.15, -0.1) is 0 Å². The van der Waals surface area contributed by atoms with Gasteiger partial charge in [0.25, 0.3) is 0 Å². The summed E-state index contributed by atoms with van der Waals surface area (Å²) >= 11 is 0. The predicted molar refractivity (Wildman–Crippen MR) is 221 cm³/mol. The third kappa shape index (κ3) is 43.4. The second-order valence-corrected chi connectivity index (χ2v) is 16.6. The van der Waals surface area contributed by atoms with Crippen LogP contribution in [-0.4, -0.2) is 41.0 Å². The molecular weight excluding hydrogens is 687 g/mol. The molecule has 0 unspecified atom stereocenters. The van der Waals surface area contributed by atoms with Crippen LogP contribution in [0.5, 0.6) is 0 Å². The lowest BCUT2D eigenvalue weighted by Crippen LogP contribution is -2.29. The molecule has 1 atom stereocenters. The molecule has 0 rings (SSSR count). The van der Waals surface area contributed by atoms with Crippen LogP contribution < -0.4 is 0 Å². The lowest BCUT2D eigenvalue weighted by Gasteiger charge is -2.18. The van der Waals surface area contributed by atoms with E-state index < -0.39 is 32.5 Å². The molecule has 53 heavy (non-hydrogen) atoms. The summed E-state index contributed by atoms with van der Waals surface area (Å²) in [5.74, 6) is -0.883. The van der Waals surface area contributed by atoms with Gasteiger partial charge in [0, 0.05) is 12.8 Å². The Morgan fingerprint density at radius 2 is 0.792 bits per heavy atom. The maximum atomic E-state index is 12.4. The number of ether oxygens (including phenoxy) is 2. The molecule has 0 aromatic heterocycles. The van der Waals surface area contributed by atoms with E-state index in [1.165, 1.54) is 148 Å². The van der Waals surface area contributed by atoms with Crippen molar-refractivity contribution in [1.82, 2.24) is 0 Å². The Balaban J connectivity index is 3.77. The number of unbranched alkanes of at least 4 members (excludes halogenated alkanes) is 30. The normalized spacial score (nSPS) is 12.5. The van der Waals surface area contributed by atoms with Crippen LogP contribution in [0, 0.1) is 0 Å². The number of allylic oxidation sites excluding steroid dienone is 2. The Bertz CT molecular complexity index is 873. The average Bonchev–Trinajstić information content (AvgIpc) is 3.13. The van der Waals surface area contributed by atoms with Gasteiger partial charge in [0.15, 0.2) is 6.10 Å². The van der Waals surface area contributed by atoms with Gasteiger partial charge in [0.1, 0.15) is 6.61 Å². The van der Waals surface area contributed by atoms with E-state index >= 15 is 0 Å². The Morgan fingerprint density at radius 3 is 1.19 bits per heavy atom. The van der Waals surface area contributed by atoms with Crippen LogP contribution in [0.15, 0.2) is 12.2 Å². The van der Waals surface area contributed by atoms with Gasteiger partial charge >= 0.3 is 19.8 Å². The van der Waals surface area contributed by atoms with Crippen molar-refractivity contribution in [3.8, 4) is 0 Å². The van der Waals surface area contributed by atoms with Crippen molar-refractivity contribution in [3.05, 3.63) is 12.2 Å². The first kappa shape index (κ1) is 51.8. The fraction of sp³-hybridized carbons (Fsp3) is 0.909. The zero-order valence-corrected chi connectivity index (χ0v) is 35.6. The molecule has 0 aromatic carbocycles. The topological polar surface area (TPSA) is 119 Å². The molecule has 0 amide bonds. The largest absolute Gasteiger partial charge is 0.469 e. The Hall–Kier alpha value is -1.21. The van der Waals surface area contributed by atoms with Crippen LogP contribution in [0.25, 0.3) is 0 Å². The zero-order chi connectivity index (χ0) is 38.9. The van der Waals surface area contributed by atoms with Gasteiger partial charge in [-0.05, 0) is 38.5 Å². The van der Waals surface area contributed by atoms with Crippen molar-refractivity contribution in [3.63, 3.8) is 0 Å². The van der Waals surface area contributed by atoms with Gasteiger partial charge in [0.05, 0.1) is 6.61 Å². The molecule has 0 saturated carbocycles. The van der Waals surface area contributed by atoms with Crippen molar-refractivity contribution in [2.24, 2.45) is 0 Å². The first-order valence-corrected chi connectivity index (χ1v) is 24.0. The lowest BCUT2D eigenvalue weighted by atomic mass is 10.0. The summed E-state index contributed by atoms with van der Waals surface area (Å²) in [6.07, 6.45) is 45.2. The number of carbonyl (C=O) groups is 2. The number of hydrogen-bond acceptors (Lipinski definition) is 6. The number of carbonyl (C=O) groups excluding carboxylic acids is 2. The maximum Gasteiger partial charge on any atom is 0.469 e. The van der Waals surface area contributed by atoms with E-state index in [1.807, 2.05) is 0 Å². The second kappa shape index (κ2) is 40.5. The quantitative estimate of drug-likeness (QED) is 0.0272. The molecule has 0 bridgehead atoms. The monoisotopic (exact) mass is 773 g/mol. The van der Waals surface area contributed by atoms with Gasteiger partial charge in [-0.25, -0.2) is 4.57 Å². The number of phosphoric acid groups is 1. The van der Waals surface area contributed by atoms with Crippen LogP contribution >= 0.6 is 7.82 Å². The summed E-state index contributed by atoms with van der Waals surface area (Å²) in [5, 5.41) is 0. The third-order valence-electron chi connectivity index (χ3n) is 10.0. The van der Waals surface area contributed by atoms with Crippen molar-refractivity contribution >= 4 is 19.8 Å². The van der Waals surface area contributed by atoms with E-state index in [4.69, 9.17) is 19.3 Å². The Kier molecular flexibility index (Phi) is 39.5. The van der Waals surface area contributed by atoms with E-state index in [1.54, 1.807) is 0 Å². The minimum atomic E-state index is -4.75. The lowest BCUT2D eigenvalue weighted by molar-refractivity contribution is -0.161. The van der Waals surface area contributed by atoms with Crippen LogP contribution in [0.4, 0.5) is 0 Å². The molecule has 0 heterocycles. The molecule has 0 radical (unpaired) electrons. The van der Waals surface area contributed by atoms with E-state index in [2.05, 4.69) is 30.5 Å². The highest BCUT2D eigenvalue weighted by Gasteiger charge is 2.23. The fourth-order valence-electron chi connectivity index (χ4n) is 6.66. The summed E-state index contributed by atoms with van der Waals surface area (Å²) in [5.41, 5.74) is 0. The standard InChI is InChI=1S/C44H85O8P/c1-3-5-7-9-11-13-15-17-18-19-20-21-22-23-24-25-26-27-29-30-32-34-36-38-43(45)50-40-42(41-51-53(47,48)49)52-44(46)39-37-35-33-31-28-16-14-12-10-8-6-4-2/h12,14,42H,3-11,13,15-41H2,1-2H3,(H2,47,48,49)/b14-12+/t42-/m1/s1. The third-order valence-corrected chi connectivity index (χ3v) is 10.5. The molecule has 0 saturated heterocycles. The fourth-order valence-corrected chi connectivity index (χ4v) is 7.02. The molecule has 0 aliphatic heterocycles. The van der Waals surface area contributed by atoms with E-state index in [9.17, 15) is 14.2 Å². The summed E-state index contributed by atoms with van der Waals surface area (Å²) in [6, 6.07) is 0. The van der Waals surface area contributed by atoms with E-state index in [-0.39, 0.29) is 19.4 Å². The van der Waals surface area contributed by atoms with Gasteiger partial charge in [-0.2, -0.15) is 0 Å². The van der Waals surface area contributed by atoms with Gasteiger partial charge in [0.2, 0.25) is 0 Å². The number of rotatable bonds is 42. The smallest absolute Gasteiger partial charge is 0.462 e. The predicted octanol–water partition coefficient (Wildman–Crippen LogP) is 13.8. The van der Waals surface area contributed by atoms with Crippen molar-refractivity contribution in [2.75, 3.05) is 13.2 Å². The molecule has 9 heteroatoms. The highest BCUT2D eigenvalue weighted by Crippen LogP contribution is 2.36. The van der Waals surface area contributed by atoms with Crippen LogP contribution in [0.2, 0.25) is 0 Å². The summed E-state index contributed by atoms with van der Waals surface area (Å²) in [7, 11) is -4.75. The van der Waals surface area contributed by atoms with Gasteiger partial charge in [-0.3, -0.25) is 14.1 Å². The summed E-state index contributed by atoms with van der Waals surface area (Å²) < 4.78 is 26.4. The first-order valence-electron chi connectivity index (χ1n) is 22.5. The minimum absolute atomic E-state index is 0.206. The Morgan fingerprint density at radius 1 is 0.472 bits per heavy atom. The molecule has 0 fully saturated rings. The average molecular weight is 773 g/mol. The van der Waals surface area contributed by atoms with Gasteiger partial charge < -0.3 is 19.3 Å². The highest BCUT2D eigenvalue weighted by atomic mass is 31.2. The van der Waals surface area contributed by atoms with Gasteiger partial charge in [-0.1, -0.05) is 199 Å². The molecule has 0 aromatic rings. The van der Waals surface area contributed by atoms with Crippen molar-refractivity contribution < 1.29 is 37.9 Å².